The third-order valence-corrected chi connectivity index (χ3v) is 4.19. The fourth-order valence-electron chi connectivity index (χ4n) is 2.78. The van der Waals surface area contributed by atoms with Gasteiger partial charge in [0.25, 0.3) is 5.91 Å². The molecule has 1 fully saturated rings. The van der Waals surface area contributed by atoms with Gasteiger partial charge in [0.05, 0.1) is 5.92 Å². The highest BCUT2D eigenvalue weighted by molar-refractivity contribution is 5.95. The average molecular weight is 293 g/mol. The molecule has 0 spiro atoms. The SMILES string of the molecule is Cc1ccc(F)cc1C(=O)NCC1CCC(C(=O)O)CC1. The average Bonchev–Trinajstić information content (AvgIpc) is 2.47. The second kappa shape index (κ2) is 6.70. The lowest BCUT2D eigenvalue weighted by Crippen LogP contribution is -2.32. The number of carbonyl (C=O) groups is 2. The van der Waals surface area contributed by atoms with Gasteiger partial charge in [-0.1, -0.05) is 6.07 Å². The van der Waals surface area contributed by atoms with Gasteiger partial charge in [-0.3, -0.25) is 9.59 Å². The Balaban J connectivity index is 1.85. The molecule has 114 valence electrons. The minimum absolute atomic E-state index is 0.248. The molecule has 21 heavy (non-hydrogen) atoms. The Hall–Kier alpha value is -1.91. The van der Waals surface area contributed by atoms with Gasteiger partial charge in [-0.05, 0) is 56.2 Å². The summed E-state index contributed by atoms with van der Waals surface area (Å²) in [7, 11) is 0. The molecule has 0 unspecified atom stereocenters. The largest absolute Gasteiger partial charge is 0.481 e. The van der Waals surface area contributed by atoms with E-state index in [-0.39, 0.29) is 11.8 Å². The Morgan fingerprint density at radius 2 is 1.95 bits per heavy atom. The highest BCUT2D eigenvalue weighted by atomic mass is 19.1. The molecule has 0 aliphatic heterocycles. The number of aliphatic carboxylic acids is 1. The smallest absolute Gasteiger partial charge is 0.306 e. The van der Waals surface area contributed by atoms with E-state index in [2.05, 4.69) is 5.32 Å². The number of aryl methyl sites for hydroxylation is 1. The number of hydrogen-bond donors (Lipinski definition) is 2. The number of hydrogen-bond acceptors (Lipinski definition) is 2. The lowest BCUT2D eigenvalue weighted by Gasteiger charge is -2.26. The van der Waals surface area contributed by atoms with Crippen LogP contribution in [0.1, 0.15) is 41.6 Å². The van der Waals surface area contributed by atoms with Crippen LogP contribution in [0.5, 0.6) is 0 Å². The highest BCUT2D eigenvalue weighted by Gasteiger charge is 2.26. The highest BCUT2D eigenvalue weighted by Crippen LogP contribution is 2.28. The summed E-state index contributed by atoms with van der Waals surface area (Å²) in [5, 5.41) is 11.8. The summed E-state index contributed by atoms with van der Waals surface area (Å²) in [6.45, 7) is 2.29. The topological polar surface area (TPSA) is 66.4 Å². The summed E-state index contributed by atoms with van der Waals surface area (Å²) in [6.07, 6.45) is 2.93. The molecule has 0 aromatic heterocycles. The lowest BCUT2D eigenvalue weighted by atomic mass is 9.82. The summed E-state index contributed by atoms with van der Waals surface area (Å²) in [5.74, 6) is -1.37. The van der Waals surface area contributed by atoms with Crippen LogP contribution in [-0.2, 0) is 4.79 Å². The number of amides is 1. The molecule has 1 amide bonds. The molecular formula is C16H20FNO3. The minimum atomic E-state index is -0.729. The standard InChI is InChI=1S/C16H20FNO3/c1-10-2-7-13(17)8-14(10)15(19)18-9-11-3-5-12(6-4-11)16(20)21/h2,7-8,11-12H,3-6,9H2,1H3,(H,18,19)(H,20,21). The van der Waals surface area contributed by atoms with Crippen LogP contribution >= 0.6 is 0 Å². The maximum atomic E-state index is 13.2. The zero-order valence-corrected chi connectivity index (χ0v) is 12.1. The van der Waals surface area contributed by atoms with Gasteiger partial charge in [0.15, 0.2) is 0 Å². The second-order valence-corrected chi connectivity index (χ2v) is 5.73. The maximum absolute atomic E-state index is 13.2. The monoisotopic (exact) mass is 293 g/mol. The third-order valence-electron chi connectivity index (χ3n) is 4.19. The Morgan fingerprint density at radius 3 is 2.57 bits per heavy atom. The fraction of sp³-hybridized carbons (Fsp3) is 0.500. The summed E-state index contributed by atoms with van der Waals surface area (Å²) in [6, 6.07) is 4.16. The Kier molecular flexibility index (Phi) is 4.94. The Morgan fingerprint density at radius 1 is 1.29 bits per heavy atom. The molecule has 5 heteroatoms. The number of benzene rings is 1. The fourth-order valence-corrected chi connectivity index (χ4v) is 2.78. The van der Waals surface area contributed by atoms with Crippen molar-refractivity contribution < 1.29 is 19.1 Å². The van der Waals surface area contributed by atoms with E-state index in [0.717, 1.165) is 18.4 Å². The lowest BCUT2D eigenvalue weighted by molar-refractivity contribution is -0.143. The number of nitrogens with one attached hydrogen (secondary N) is 1. The van der Waals surface area contributed by atoms with Crippen molar-refractivity contribution in [3.05, 3.63) is 35.1 Å². The van der Waals surface area contributed by atoms with Crippen molar-refractivity contribution in [1.29, 1.82) is 0 Å². The number of carbonyl (C=O) groups excluding carboxylic acids is 1. The van der Waals surface area contributed by atoms with Crippen LogP contribution in [0.2, 0.25) is 0 Å². The van der Waals surface area contributed by atoms with E-state index in [1.54, 1.807) is 13.0 Å². The van der Waals surface area contributed by atoms with Crippen LogP contribution in [0.4, 0.5) is 4.39 Å². The molecular weight excluding hydrogens is 273 g/mol. The van der Waals surface area contributed by atoms with Gasteiger partial charge >= 0.3 is 5.97 Å². The number of rotatable bonds is 4. The van der Waals surface area contributed by atoms with Gasteiger partial charge in [0, 0.05) is 12.1 Å². The molecule has 1 aromatic carbocycles. The predicted molar refractivity (Wildman–Crippen MR) is 76.6 cm³/mol. The molecule has 4 nitrogen and oxygen atoms in total. The van der Waals surface area contributed by atoms with Crippen LogP contribution in [0.25, 0.3) is 0 Å². The van der Waals surface area contributed by atoms with Gasteiger partial charge in [0.2, 0.25) is 0 Å². The molecule has 1 aliphatic rings. The van der Waals surface area contributed by atoms with Crippen molar-refractivity contribution in [3.8, 4) is 0 Å². The van der Waals surface area contributed by atoms with Crippen LogP contribution in [0, 0.1) is 24.6 Å². The first kappa shape index (κ1) is 15.5. The van der Waals surface area contributed by atoms with E-state index in [4.69, 9.17) is 5.11 Å². The number of halogens is 1. The summed E-state index contributed by atoms with van der Waals surface area (Å²) < 4.78 is 13.2. The zero-order valence-electron chi connectivity index (χ0n) is 12.1. The molecule has 1 aromatic rings. The molecule has 0 radical (unpaired) electrons. The van der Waals surface area contributed by atoms with Crippen molar-refractivity contribution in [1.82, 2.24) is 5.32 Å². The second-order valence-electron chi connectivity index (χ2n) is 5.73. The van der Waals surface area contributed by atoms with Crippen molar-refractivity contribution in [3.63, 3.8) is 0 Å². The van der Waals surface area contributed by atoms with Gasteiger partial charge in [0.1, 0.15) is 5.82 Å². The molecule has 0 saturated heterocycles. The summed E-state index contributed by atoms with van der Waals surface area (Å²) >= 11 is 0. The van der Waals surface area contributed by atoms with Gasteiger partial charge in [-0.15, -0.1) is 0 Å². The van der Waals surface area contributed by atoms with E-state index >= 15 is 0 Å². The minimum Gasteiger partial charge on any atom is -0.481 e. The first-order chi connectivity index (χ1) is 9.97. The first-order valence-electron chi connectivity index (χ1n) is 7.24. The van der Waals surface area contributed by atoms with E-state index in [1.807, 2.05) is 0 Å². The van der Waals surface area contributed by atoms with Crippen LogP contribution in [0.15, 0.2) is 18.2 Å². The van der Waals surface area contributed by atoms with Crippen molar-refractivity contribution in [2.45, 2.75) is 32.6 Å². The molecule has 0 heterocycles. The molecule has 2 rings (SSSR count). The Bertz CT molecular complexity index is 536. The number of carboxylic acids is 1. The quantitative estimate of drug-likeness (QED) is 0.897. The van der Waals surface area contributed by atoms with Crippen LogP contribution in [0.3, 0.4) is 0 Å². The Labute approximate surface area is 123 Å². The molecule has 1 aliphatic carbocycles. The van der Waals surface area contributed by atoms with Crippen molar-refractivity contribution in [2.75, 3.05) is 6.54 Å². The zero-order chi connectivity index (χ0) is 15.4. The van der Waals surface area contributed by atoms with E-state index in [1.165, 1.54) is 12.1 Å². The van der Waals surface area contributed by atoms with Crippen molar-refractivity contribution in [2.24, 2.45) is 11.8 Å². The van der Waals surface area contributed by atoms with Gasteiger partial charge in [-0.25, -0.2) is 4.39 Å². The van der Waals surface area contributed by atoms with Gasteiger partial charge < -0.3 is 10.4 Å². The van der Waals surface area contributed by atoms with Crippen molar-refractivity contribution >= 4 is 11.9 Å². The van der Waals surface area contributed by atoms with E-state index in [0.29, 0.717) is 30.9 Å². The maximum Gasteiger partial charge on any atom is 0.306 e. The van der Waals surface area contributed by atoms with Gasteiger partial charge in [-0.2, -0.15) is 0 Å². The summed E-state index contributed by atoms with van der Waals surface area (Å²) in [4.78, 5) is 22.9. The van der Waals surface area contributed by atoms with Crippen LogP contribution < -0.4 is 5.32 Å². The van der Waals surface area contributed by atoms with Crippen LogP contribution in [-0.4, -0.2) is 23.5 Å². The van der Waals surface area contributed by atoms with E-state index < -0.39 is 11.8 Å². The predicted octanol–water partition coefficient (Wildman–Crippen LogP) is 2.75. The normalized spacial score (nSPS) is 21.8. The summed E-state index contributed by atoms with van der Waals surface area (Å²) in [5.41, 5.74) is 1.10. The molecule has 1 saturated carbocycles. The molecule has 0 bridgehead atoms. The molecule has 0 atom stereocenters. The third kappa shape index (κ3) is 4.03. The first-order valence-corrected chi connectivity index (χ1v) is 7.24. The van der Waals surface area contributed by atoms with E-state index in [9.17, 15) is 14.0 Å². The molecule has 2 N–H and O–H groups in total. The number of carboxylic acid groups (broad SMARTS) is 1.